The monoisotopic (exact) mass is 158 g/mol. The van der Waals surface area contributed by atoms with E-state index in [0.717, 1.165) is 16.9 Å². The zero-order valence-electron chi connectivity index (χ0n) is 6.62. The normalized spacial score (nSPS) is 14.2. The summed E-state index contributed by atoms with van der Waals surface area (Å²) in [6, 6.07) is 8.04. The molecule has 2 rings (SSSR count). The minimum atomic E-state index is 0.771. The van der Waals surface area contributed by atoms with Gasteiger partial charge < -0.3 is 11.1 Å². The van der Waals surface area contributed by atoms with Gasteiger partial charge in [-0.1, -0.05) is 18.2 Å². The van der Waals surface area contributed by atoms with E-state index in [1.54, 1.807) is 0 Å². The van der Waals surface area contributed by atoms with Crippen molar-refractivity contribution in [1.82, 2.24) is 0 Å². The van der Waals surface area contributed by atoms with E-state index >= 15 is 0 Å². The fourth-order valence-electron chi connectivity index (χ4n) is 1.21. The highest BCUT2D eigenvalue weighted by Crippen LogP contribution is 2.19. The van der Waals surface area contributed by atoms with Crippen LogP contribution in [0.25, 0.3) is 6.08 Å². The first kappa shape index (κ1) is 6.98. The van der Waals surface area contributed by atoms with E-state index in [1.807, 2.05) is 42.6 Å². The number of fused-ring (bicyclic) bond motifs is 1. The molecule has 2 heteroatoms. The third kappa shape index (κ3) is 1.19. The number of nitrogens with one attached hydrogen (secondary N) is 1. The number of nitrogens with two attached hydrogens (primary N) is 1. The minimum absolute atomic E-state index is 0.771. The maximum Gasteiger partial charge on any atom is 0.0454 e. The maximum atomic E-state index is 5.68. The summed E-state index contributed by atoms with van der Waals surface area (Å²) in [5.74, 6) is 0. The van der Waals surface area contributed by atoms with E-state index in [0.29, 0.717) is 0 Å². The standard InChI is InChI=1S/C10H10N2/c11-9-5-6-12-10-4-2-1-3-8(10)7-9/h1-7,12H,11H2. The molecular weight excluding hydrogens is 148 g/mol. The summed E-state index contributed by atoms with van der Waals surface area (Å²) >= 11 is 0. The molecule has 0 saturated heterocycles. The summed E-state index contributed by atoms with van der Waals surface area (Å²) in [5.41, 5.74) is 8.67. The van der Waals surface area contributed by atoms with E-state index in [2.05, 4.69) is 5.32 Å². The number of hydrogen-bond donors (Lipinski definition) is 2. The Labute approximate surface area is 71.4 Å². The largest absolute Gasteiger partial charge is 0.399 e. The van der Waals surface area contributed by atoms with E-state index in [4.69, 9.17) is 5.73 Å². The number of benzene rings is 1. The Balaban J connectivity index is 2.54. The fraction of sp³-hybridized carbons (Fsp3) is 0. The maximum absolute atomic E-state index is 5.68. The quantitative estimate of drug-likeness (QED) is 0.605. The van der Waals surface area contributed by atoms with Gasteiger partial charge >= 0.3 is 0 Å². The van der Waals surface area contributed by atoms with Crippen LogP contribution in [-0.4, -0.2) is 0 Å². The molecule has 1 aliphatic rings. The molecule has 0 atom stereocenters. The van der Waals surface area contributed by atoms with E-state index in [9.17, 15) is 0 Å². The summed E-state index contributed by atoms with van der Waals surface area (Å²) in [5, 5.41) is 3.14. The summed E-state index contributed by atoms with van der Waals surface area (Å²) in [7, 11) is 0. The zero-order chi connectivity index (χ0) is 8.39. The van der Waals surface area contributed by atoms with Crippen molar-refractivity contribution in [3.05, 3.63) is 47.8 Å². The van der Waals surface area contributed by atoms with Crippen molar-refractivity contribution in [2.75, 3.05) is 5.32 Å². The lowest BCUT2D eigenvalue weighted by Crippen LogP contribution is -1.90. The SMILES string of the molecule is NC1=Cc2ccccc2NC=C1. The third-order valence-electron chi connectivity index (χ3n) is 1.80. The van der Waals surface area contributed by atoms with Crippen LogP contribution in [0, 0.1) is 0 Å². The zero-order valence-corrected chi connectivity index (χ0v) is 6.62. The lowest BCUT2D eigenvalue weighted by molar-refractivity contribution is 1.46. The highest BCUT2D eigenvalue weighted by atomic mass is 14.8. The van der Waals surface area contributed by atoms with Crippen LogP contribution in [0.1, 0.15) is 5.56 Å². The molecule has 1 aromatic carbocycles. The van der Waals surface area contributed by atoms with Gasteiger partial charge in [-0.3, -0.25) is 0 Å². The molecule has 2 nitrogen and oxygen atoms in total. The minimum Gasteiger partial charge on any atom is -0.399 e. The smallest absolute Gasteiger partial charge is 0.0454 e. The second kappa shape index (κ2) is 2.74. The number of anilines is 1. The van der Waals surface area contributed by atoms with E-state index in [-0.39, 0.29) is 0 Å². The van der Waals surface area contributed by atoms with Gasteiger partial charge in [0.05, 0.1) is 0 Å². The molecule has 0 radical (unpaired) electrons. The Morgan fingerprint density at radius 1 is 1.17 bits per heavy atom. The van der Waals surface area contributed by atoms with Crippen molar-refractivity contribution in [1.29, 1.82) is 0 Å². The lowest BCUT2D eigenvalue weighted by atomic mass is 10.1. The molecule has 0 spiro atoms. The molecule has 0 fully saturated rings. The lowest BCUT2D eigenvalue weighted by Gasteiger charge is -2.02. The predicted octanol–water partition coefficient (Wildman–Crippen LogP) is 1.93. The first-order chi connectivity index (χ1) is 5.86. The number of para-hydroxylation sites is 1. The Morgan fingerprint density at radius 2 is 2.00 bits per heavy atom. The average molecular weight is 158 g/mol. The second-order valence-corrected chi connectivity index (χ2v) is 2.71. The summed E-state index contributed by atoms with van der Waals surface area (Å²) in [4.78, 5) is 0. The van der Waals surface area contributed by atoms with Gasteiger partial charge in [0.25, 0.3) is 0 Å². The van der Waals surface area contributed by atoms with Crippen molar-refractivity contribution in [3.8, 4) is 0 Å². The van der Waals surface area contributed by atoms with Crippen LogP contribution >= 0.6 is 0 Å². The average Bonchev–Trinajstić information content (AvgIpc) is 2.25. The van der Waals surface area contributed by atoms with Gasteiger partial charge in [-0.15, -0.1) is 0 Å². The van der Waals surface area contributed by atoms with Crippen molar-refractivity contribution < 1.29 is 0 Å². The molecule has 0 unspecified atom stereocenters. The Hall–Kier alpha value is -1.70. The highest BCUT2D eigenvalue weighted by Gasteiger charge is 1.99. The molecule has 0 saturated carbocycles. The Bertz CT molecular complexity index is 351. The second-order valence-electron chi connectivity index (χ2n) is 2.71. The van der Waals surface area contributed by atoms with Gasteiger partial charge in [0.2, 0.25) is 0 Å². The van der Waals surface area contributed by atoms with E-state index < -0.39 is 0 Å². The number of hydrogen-bond acceptors (Lipinski definition) is 2. The van der Waals surface area contributed by atoms with Gasteiger partial charge in [-0.05, 0) is 23.8 Å². The van der Waals surface area contributed by atoms with Gasteiger partial charge in [0.15, 0.2) is 0 Å². The van der Waals surface area contributed by atoms with Crippen LogP contribution in [0.4, 0.5) is 5.69 Å². The van der Waals surface area contributed by atoms with Crippen LogP contribution in [0.5, 0.6) is 0 Å². The summed E-state index contributed by atoms with van der Waals surface area (Å²) in [6.07, 6.45) is 5.64. The molecule has 0 amide bonds. The van der Waals surface area contributed by atoms with Crippen LogP contribution < -0.4 is 11.1 Å². The molecule has 12 heavy (non-hydrogen) atoms. The highest BCUT2D eigenvalue weighted by molar-refractivity contribution is 5.71. The van der Waals surface area contributed by atoms with Crippen LogP contribution in [0.15, 0.2) is 42.2 Å². The Morgan fingerprint density at radius 3 is 2.92 bits per heavy atom. The summed E-state index contributed by atoms with van der Waals surface area (Å²) in [6.45, 7) is 0. The van der Waals surface area contributed by atoms with Crippen LogP contribution in [0.3, 0.4) is 0 Å². The van der Waals surface area contributed by atoms with E-state index in [1.165, 1.54) is 0 Å². The molecular formula is C10H10N2. The number of rotatable bonds is 0. The van der Waals surface area contributed by atoms with Crippen LogP contribution in [0.2, 0.25) is 0 Å². The molecule has 1 aromatic rings. The van der Waals surface area contributed by atoms with Crippen molar-refractivity contribution in [2.45, 2.75) is 0 Å². The van der Waals surface area contributed by atoms with Crippen molar-refractivity contribution in [2.24, 2.45) is 5.73 Å². The fourth-order valence-corrected chi connectivity index (χ4v) is 1.21. The first-order valence-electron chi connectivity index (χ1n) is 3.85. The Kier molecular flexibility index (Phi) is 1.59. The van der Waals surface area contributed by atoms with Gasteiger partial charge in [0, 0.05) is 17.6 Å². The molecule has 60 valence electrons. The molecule has 0 aromatic heterocycles. The summed E-state index contributed by atoms with van der Waals surface area (Å²) < 4.78 is 0. The van der Waals surface area contributed by atoms with Gasteiger partial charge in [-0.2, -0.15) is 0 Å². The third-order valence-corrected chi connectivity index (χ3v) is 1.80. The molecule has 0 aliphatic carbocycles. The molecule has 0 bridgehead atoms. The van der Waals surface area contributed by atoms with Gasteiger partial charge in [-0.25, -0.2) is 0 Å². The van der Waals surface area contributed by atoms with Crippen molar-refractivity contribution in [3.63, 3.8) is 0 Å². The van der Waals surface area contributed by atoms with Crippen LogP contribution in [-0.2, 0) is 0 Å². The molecule has 1 aliphatic heterocycles. The van der Waals surface area contributed by atoms with Crippen molar-refractivity contribution >= 4 is 11.8 Å². The predicted molar refractivity (Wildman–Crippen MR) is 51.4 cm³/mol. The molecule has 1 heterocycles. The topological polar surface area (TPSA) is 38.0 Å². The first-order valence-corrected chi connectivity index (χ1v) is 3.85. The molecule has 3 N–H and O–H groups in total. The van der Waals surface area contributed by atoms with Gasteiger partial charge in [0.1, 0.15) is 0 Å². The number of allylic oxidation sites excluding steroid dienone is 1.